The van der Waals surface area contributed by atoms with Crippen molar-refractivity contribution < 1.29 is 5.11 Å². The number of anilines is 1. The molecule has 0 aromatic heterocycles. The number of benzene rings is 1. The van der Waals surface area contributed by atoms with Gasteiger partial charge in [0.1, 0.15) is 0 Å². The van der Waals surface area contributed by atoms with Gasteiger partial charge in [-0.15, -0.1) is 0 Å². The molecule has 2 nitrogen and oxygen atoms in total. The second-order valence-corrected chi connectivity index (χ2v) is 5.69. The molecule has 0 spiro atoms. The lowest BCUT2D eigenvalue weighted by Gasteiger charge is -2.35. The van der Waals surface area contributed by atoms with E-state index in [0.717, 1.165) is 18.3 Å². The second-order valence-electron chi connectivity index (χ2n) is 5.69. The summed E-state index contributed by atoms with van der Waals surface area (Å²) in [6.07, 6.45) is 4.74. The highest BCUT2D eigenvalue weighted by Gasteiger charge is 2.26. The van der Waals surface area contributed by atoms with E-state index in [0.29, 0.717) is 6.04 Å². The van der Waals surface area contributed by atoms with Gasteiger partial charge in [0, 0.05) is 18.3 Å². The monoisotopic (exact) mass is 247 g/mol. The first-order chi connectivity index (χ1) is 8.70. The Labute approximate surface area is 110 Å². The summed E-state index contributed by atoms with van der Waals surface area (Å²) in [5, 5.41) is 12.6. The van der Waals surface area contributed by atoms with Gasteiger partial charge in [-0.2, -0.15) is 0 Å². The molecule has 2 rings (SSSR count). The number of rotatable bonds is 4. The van der Waals surface area contributed by atoms with Crippen LogP contribution in [0.4, 0.5) is 5.69 Å². The molecule has 100 valence electrons. The number of hydrogen-bond donors (Lipinski definition) is 2. The van der Waals surface area contributed by atoms with E-state index >= 15 is 0 Å². The van der Waals surface area contributed by atoms with Crippen LogP contribution < -0.4 is 5.32 Å². The topological polar surface area (TPSA) is 32.3 Å². The number of aliphatic hydroxyl groups excluding tert-OH is 1. The van der Waals surface area contributed by atoms with Crippen molar-refractivity contribution in [3.8, 4) is 0 Å². The lowest BCUT2D eigenvalue weighted by molar-refractivity contribution is 0.253. The maximum atomic E-state index is 8.90. The van der Waals surface area contributed by atoms with Crippen LogP contribution in [0.1, 0.15) is 38.7 Å². The van der Waals surface area contributed by atoms with E-state index in [1.54, 1.807) is 0 Å². The van der Waals surface area contributed by atoms with Crippen LogP contribution in [-0.2, 0) is 6.42 Å². The van der Waals surface area contributed by atoms with E-state index in [2.05, 4.69) is 43.4 Å². The lowest BCUT2D eigenvalue weighted by Crippen LogP contribution is -2.34. The second kappa shape index (κ2) is 6.24. The van der Waals surface area contributed by atoms with Gasteiger partial charge in [0.15, 0.2) is 0 Å². The van der Waals surface area contributed by atoms with Crippen LogP contribution in [0.2, 0.25) is 0 Å². The average molecular weight is 247 g/mol. The van der Waals surface area contributed by atoms with Gasteiger partial charge in [0.2, 0.25) is 0 Å². The Morgan fingerprint density at radius 1 is 1.17 bits per heavy atom. The zero-order chi connectivity index (χ0) is 13.0. The maximum Gasteiger partial charge on any atom is 0.0471 e. The zero-order valence-electron chi connectivity index (χ0n) is 11.5. The van der Waals surface area contributed by atoms with Gasteiger partial charge in [-0.05, 0) is 42.4 Å². The molecule has 1 aliphatic rings. The van der Waals surface area contributed by atoms with Crippen LogP contribution >= 0.6 is 0 Å². The molecular formula is C16H25NO. The third kappa shape index (κ3) is 3.26. The van der Waals surface area contributed by atoms with Crippen LogP contribution in [0.3, 0.4) is 0 Å². The van der Waals surface area contributed by atoms with Crippen molar-refractivity contribution in [2.75, 3.05) is 11.9 Å². The molecule has 2 N–H and O–H groups in total. The molecule has 1 fully saturated rings. The van der Waals surface area contributed by atoms with E-state index in [4.69, 9.17) is 5.11 Å². The number of hydrogen-bond acceptors (Lipinski definition) is 2. The fourth-order valence-corrected chi connectivity index (χ4v) is 2.90. The molecule has 1 aromatic rings. The smallest absolute Gasteiger partial charge is 0.0471 e. The van der Waals surface area contributed by atoms with Gasteiger partial charge in [-0.3, -0.25) is 0 Å². The van der Waals surface area contributed by atoms with Gasteiger partial charge >= 0.3 is 0 Å². The van der Waals surface area contributed by atoms with E-state index in [-0.39, 0.29) is 6.61 Å². The summed E-state index contributed by atoms with van der Waals surface area (Å²) in [6, 6.07) is 9.09. The van der Waals surface area contributed by atoms with E-state index in [1.165, 1.54) is 30.5 Å². The highest BCUT2D eigenvalue weighted by atomic mass is 16.2. The van der Waals surface area contributed by atoms with Crippen LogP contribution in [0.25, 0.3) is 0 Å². The molecule has 0 radical (unpaired) electrons. The number of aliphatic hydroxyl groups is 1. The molecule has 2 heteroatoms. The molecule has 3 atom stereocenters. The molecule has 0 bridgehead atoms. The fourth-order valence-electron chi connectivity index (χ4n) is 2.90. The Hall–Kier alpha value is -1.02. The normalized spacial score (nSPS) is 28.1. The minimum absolute atomic E-state index is 0.226. The van der Waals surface area contributed by atoms with Crippen molar-refractivity contribution >= 4 is 5.69 Å². The summed E-state index contributed by atoms with van der Waals surface area (Å²) in [6.45, 7) is 4.95. The fraction of sp³-hybridized carbons (Fsp3) is 0.625. The van der Waals surface area contributed by atoms with Gasteiger partial charge in [0.05, 0.1) is 0 Å². The summed E-state index contributed by atoms with van der Waals surface area (Å²) in [4.78, 5) is 0. The molecule has 0 heterocycles. The lowest BCUT2D eigenvalue weighted by atomic mass is 9.78. The first-order valence-electron chi connectivity index (χ1n) is 7.17. The van der Waals surface area contributed by atoms with Crippen LogP contribution in [0, 0.1) is 11.8 Å². The van der Waals surface area contributed by atoms with Crippen LogP contribution in [-0.4, -0.2) is 17.8 Å². The van der Waals surface area contributed by atoms with Crippen molar-refractivity contribution in [3.05, 3.63) is 29.8 Å². The maximum absolute atomic E-state index is 8.90. The van der Waals surface area contributed by atoms with Crippen molar-refractivity contribution in [3.63, 3.8) is 0 Å². The van der Waals surface area contributed by atoms with Gasteiger partial charge in [-0.1, -0.05) is 38.8 Å². The van der Waals surface area contributed by atoms with Gasteiger partial charge in [0.25, 0.3) is 0 Å². The zero-order valence-corrected chi connectivity index (χ0v) is 11.5. The summed E-state index contributed by atoms with van der Waals surface area (Å²) >= 11 is 0. The Morgan fingerprint density at radius 2 is 1.89 bits per heavy atom. The minimum atomic E-state index is 0.226. The third-order valence-electron chi connectivity index (χ3n) is 4.41. The summed E-state index contributed by atoms with van der Waals surface area (Å²) in [5.41, 5.74) is 2.41. The molecule has 0 saturated heterocycles. The first kappa shape index (κ1) is 13.4. The molecule has 0 amide bonds. The van der Waals surface area contributed by atoms with Crippen LogP contribution in [0.15, 0.2) is 24.3 Å². The summed E-state index contributed by atoms with van der Waals surface area (Å²) in [5.74, 6) is 1.57. The van der Waals surface area contributed by atoms with Crippen molar-refractivity contribution in [1.82, 2.24) is 0 Å². The molecule has 1 saturated carbocycles. The quantitative estimate of drug-likeness (QED) is 0.854. The summed E-state index contributed by atoms with van der Waals surface area (Å²) in [7, 11) is 0. The standard InChI is InChI=1S/C16H25NO/c1-12-4-3-5-16(13(12)2)17-15-8-6-14(7-9-15)10-11-18/h6-9,12-13,16-18H,3-5,10-11H2,1-2H3. The molecule has 3 unspecified atom stereocenters. The SMILES string of the molecule is CC1CCCC(Nc2ccc(CCO)cc2)C1C. The Morgan fingerprint density at radius 3 is 2.56 bits per heavy atom. The Bertz CT molecular complexity index is 360. The highest BCUT2D eigenvalue weighted by Crippen LogP contribution is 2.31. The molecular weight excluding hydrogens is 222 g/mol. The molecule has 0 aliphatic heterocycles. The first-order valence-corrected chi connectivity index (χ1v) is 7.17. The Kier molecular flexibility index (Phi) is 4.65. The summed E-state index contributed by atoms with van der Waals surface area (Å²) < 4.78 is 0. The van der Waals surface area contributed by atoms with Crippen LogP contribution in [0.5, 0.6) is 0 Å². The van der Waals surface area contributed by atoms with Crippen molar-refractivity contribution in [2.24, 2.45) is 11.8 Å². The van der Waals surface area contributed by atoms with Crippen molar-refractivity contribution in [2.45, 2.75) is 45.6 Å². The largest absolute Gasteiger partial charge is 0.396 e. The van der Waals surface area contributed by atoms with Crippen molar-refractivity contribution in [1.29, 1.82) is 0 Å². The molecule has 1 aromatic carbocycles. The van der Waals surface area contributed by atoms with Gasteiger partial charge < -0.3 is 10.4 Å². The Balaban J connectivity index is 1.96. The van der Waals surface area contributed by atoms with E-state index in [9.17, 15) is 0 Å². The van der Waals surface area contributed by atoms with Gasteiger partial charge in [-0.25, -0.2) is 0 Å². The number of nitrogens with one attached hydrogen (secondary N) is 1. The molecule has 1 aliphatic carbocycles. The third-order valence-corrected chi connectivity index (χ3v) is 4.41. The average Bonchev–Trinajstić information content (AvgIpc) is 2.38. The predicted octanol–water partition coefficient (Wildman–Crippen LogP) is 3.46. The van der Waals surface area contributed by atoms with E-state index < -0.39 is 0 Å². The predicted molar refractivity (Wildman–Crippen MR) is 76.8 cm³/mol. The highest BCUT2D eigenvalue weighted by molar-refractivity contribution is 5.45. The molecule has 18 heavy (non-hydrogen) atoms. The minimum Gasteiger partial charge on any atom is -0.396 e. The van der Waals surface area contributed by atoms with E-state index in [1.807, 2.05) is 0 Å².